The smallest absolute Gasteiger partial charge is 0.402 e. The van der Waals surface area contributed by atoms with Crippen LogP contribution in [0.1, 0.15) is 0 Å². The number of aliphatic hydroxyl groups is 3. The molecule has 4 rings (SSSR count). The molecule has 0 radical (unpaired) electrons. The van der Waals surface area contributed by atoms with Crippen molar-refractivity contribution in [1.29, 1.82) is 0 Å². The van der Waals surface area contributed by atoms with Crippen LogP contribution in [-0.2, 0) is 4.74 Å². The SMILES string of the molecule is Oc1cc(O)c2cc(O[C@@H]3OC[C@H](O)[C@H](O)[C@H]3O)c(-c3ccc(O)c(O)c3)[o+]c2c1.[Cl-]. The van der Waals surface area contributed by atoms with Gasteiger partial charge in [0.05, 0.1) is 18.2 Å². The van der Waals surface area contributed by atoms with Crippen LogP contribution in [0.15, 0.2) is 40.8 Å². The molecule has 10 nitrogen and oxygen atoms in total. The van der Waals surface area contributed by atoms with Gasteiger partial charge in [-0.3, -0.25) is 0 Å². The second-order valence-electron chi connectivity index (χ2n) is 6.89. The van der Waals surface area contributed by atoms with Gasteiger partial charge < -0.3 is 57.6 Å². The molecule has 3 aromatic rings. The van der Waals surface area contributed by atoms with Gasteiger partial charge in [-0.2, -0.15) is 0 Å². The molecule has 11 heteroatoms. The molecule has 1 aromatic heterocycles. The normalized spacial score (nSPS) is 23.3. The molecule has 1 saturated heterocycles. The first-order chi connectivity index (χ1) is 14.2. The number of phenolic OH excluding ortho intramolecular Hbond substituents is 4. The molecule has 166 valence electrons. The van der Waals surface area contributed by atoms with Gasteiger partial charge in [-0.05, 0) is 12.1 Å². The van der Waals surface area contributed by atoms with E-state index in [0.29, 0.717) is 0 Å². The summed E-state index contributed by atoms with van der Waals surface area (Å²) in [5.74, 6) is -1.37. The van der Waals surface area contributed by atoms with Crippen LogP contribution in [0.3, 0.4) is 0 Å². The van der Waals surface area contributed by atoms with Crippen LogP contribution in [0.2, 0.25) is 0 Å². The fourth-order valence-corrected chi connectivity index (χ4v) is 3.15. The number of benzene rings is 2. The van der Waals surface area contributed by atoms with Crippen molar-refractivity contribution < 1.29 is 62.0 Å². The van der Waals surface area contributed by atoms with E-state index in [2.05, 4.69) is 0 Å². The van der Waals surface area contributed by atoms with E-state index >= 15 is 0 Å². The molecular formula is C20H19ClO10. The third-order valence-corrected chi connectivity index (χ3v) is 4.75. The maximum Gasteiger partial charge on any atom is 0.402 e. The fraction of sp³-hybridized carbons (Fsp3) is 0.250. The Balaban J connectivity index is 0.00000272. The molecule has 0 spiro atoms. The number of hydrogen-bond donors (Lipinski definition) is 7. The Bertz CT molecular complexity index is 1110. The van der Waals surface area contributed by atoms with E-state index in [1.54, 1.807) is 0 Å². The Kier molecular flexibility index (Phi) is 6.30. The van der Waals surface area contributed by atoms with Crippen molar-refractivity contribution in [3.8, 4) is 40.1 Å². The summed E-state index contributed by atoms with van der Waals surface area (Å²) in [7, 11) is 0. The molecule has 0 amide bonds. The highest BCUT2D eigenvalue weighted by Gasteiger charge is 2.40. The number of aromatic hydroxyl groups is 4. The highest BCUT2D eigenvalue weighted by molar-refractivity contribution is 5.88. The third kappa shape index (κ3) is 4.24. The molecule has 1 fully saturated rings. The van der Waals surface area contributed by atoms with Crippen molar-refractivity contribution in [3.63, 3.8) is 0 Å². The second kappa shape index (κ2) is 8.61. The van der Waals surface area contributed by atoms with Crippen LogP contribution in [-0.4, -0.2) is 67.0 Å². The van der Waals surface area contributed by atoms with E-state index in [-0.39, 0.29) is 64.3 Å². The molecule has 4 atom stereocenters. The zero-order valence-electron chi connectivity index (χ0n) is 15.7. The van der Waals surface area contributed by atoms with Gasteiger partial charge in [-0.15, -0.1) is 0 Å². The average Bonchev–Trinajstić information content (AvgIpc) is 2.70. The highest BCUT2D eigenvalue weighted by Crippen LogP contribution is 2.41. The van der Waals surface area contributed by atoms with Gasteiger partial charge in [-0.25, -0.2) is 4.42 Å². The highest BCUT2D eigenvalue weighted by atomic mass is 35.5. The number of fused-ring (bicyclic) bond motifs is 1. The second-order valence-corrected chi connectivity index (χ2v) is 6.89. The molecule has 7 N–H and O–H groups in total. The van der Waals surface area contributed by atoms with Crippen LogP contribution in [0.25, 0.3) is 22.3 Å². The molecular weight excluding hydrogens is 436 g/mol. The van der Waals surface area contributed by atoms with Gasteiger partial charge in [0, 0.05) is 18.2 Å². The van der Waals surface area contributed by atoms with Gasteiger partial charge >= 0.3 is 11.3 Å². The quantitative estimate of drug-likeness (QED) is 0.174. The lowest BCUT2D eigenvalue weighted by Crippen LogP contribution is -3.00. The molecule has 0 aliphatic carbocycles. The number of rotatable bonds is 3. The Hall–Kier alpha value is -3.02. The number of ether oxygens (including phenoxy) is 2. The summed E-state index contributed by atoms with van der Waals surface area (Å²) in [6, 6.07) is 7.56. The third-order valence-electron chi connectivity index (χ3n) is 4.75. The summed E-state index contributed by atoms with van der Waals surface area (Å²) in [6.45, 7) is -0.290. The lowest BCUT2D eigenvalue weighted by molar-refractivity contribution is -0.242. The minimum absolute atomic E-state index is 0. The molecule has 1 aliphatic rings. The molecule has 1 aliphatic heterocycles. The summed E-state index contributed by atoms with van der Waals surface area (Å²) in [5.41, 5.74) is 0.346. The van der Waals surface area contributed by atoms with Crippen molar-refractivity contribution in [2.75, 3.05) is 6.61 Å². The number of halogens is 1. The van der Waals surface area contributed by atoms with E-state index < -0.39 is 30.4 Å². The lowest BCUT2D eigenvalue weighted by Gasteiger charge is -2.34. The molecule has 0 saturated carbocycles. The average molecular weight is 455 g/mol. The van der Waals surface area contributed by atoms with E-state index in [1.165, 1.54) is 30.3 Å². The van der Waals surface area contributed by atoms with Crippen molar-refractivity contribution in [2.24, 2.45) is 0 Å². The van der Waals surface area contributed by atoms with Gasteiger partial charge in [0.1, 0.15) is 35.2 Å². The van der Waals surface area contributed by atoms with E-state index in [9.17, 15) is 35.7 Å². The van der Waals surface area contributed by atoms with E-state index in [0.717, 1.165) is 6.07 Å². The lowest BCUT2D eigenvalue weighted by atomic mass is 10.1. The van der Waals surface area contributed by atoms with Crippen molar-refractivity contribution >= 4 is 11.0 Å². The first kappa shape index (κ1) is 22.7. The predicted molar refractivity (Wildman–Crippen MR) is 101 cm³/mol. The summed E-state index contributed by atoms with van der Waals surface area (Å²) in [4.78, 5) is 0. The topological polar surface area (TPSA) is 171 Å². The van der Waals surface area contributed by atoms with Crippen molar-refractivity contribution in [2.45, 2.75) is 24.6 Å². The predicted octanol–water partition coefficient (Wildman–Crippen LogP) is -1.97. The number of phenols is 4. The standard InChI is InChI=1S/C20H18O10.ClH/c21-9-4-12(23)10-6-16(30-20-18(27)17(26)14(25)7-28-20)19(29-15(10)5-9)8-1-2-11(22)13(24)3-8;/h1-6,14,17-18,20,25-27H,7H2,(H3-,21,22,23,24);1H/t14-,17-,18+,20-;/m0./s1. The summed E-state index contributed by atoms with van der Waals surface area (Å²) in [5, 5.41) is 69.1. The molecule has 2 heterocycles. The fourth-order valence-electron chi connectivity index (χ4n) is 3.15. The Morgan fingerprint density at radius 3 is 2.32 bits per heavy atom. The first-order valence-corrected chi connectivity index (χ1v) is 8.92. The van der Waals surface area contributed by atoms with Crippen molar-refractivity contribution in [1.82, 2.24) is 0 Å². The van der Waals surface area contributed by atoms with Crippen LogP contribution in [0.4, 0.5) is 0 Å². The number of aliphatic hydroxyl groups excluding tert-OH is 3. The van der Waals surface area contributed by atoms with Crippen LogP contribution in [0, 0.1) is 0 Å². The van der Waals surface area contributed by atoms with Crippen LogP contribution >= 0.6 is 0 Å². The van der Waals surface area contributed by atoms with Crippen molar-refractivity contribution in [3.05, 3.63) is 36.4 Å². The van der Waals surface area contributed by atoms with Gasteiger partial charge in [0.25, 0.3) is 0 Å². The first-order valence-electron chi connectivity index (χ1n) is 8.92. The minimum atomic E-state index is -1.58. The summed E-state index contributed by atoms with van der Waals surface area (Å²) < 4.78 is 16.7. The molecule has 31 heavy (non-hydrogen) atoms. The maximum absolute atomic E-state index is 10.2. The van der Waals surface area contributed by atoms with Gasteiger partial charge in [-0.1, -0.05) is 0 Å². The number of hydrogen-bond acceptors (Lipinski definition) is 9. The summed E-state index contributed by atoms with van der Waals surface area (Å²) in [6.07, 6.45) is -5.76. The van der Waals surface area contributed by atoms with Gasteiger partial charge in [0.2, 0.25) is 12.0 Å². The monoisotopic (exact) mass is 454 g/mol. The maximum atomic E-state index is 10.2. The molecule has 2 aromatic carbocycles. The van der Waals surface area contributed by atoms with Crippen LogP contribution < -0.4 is 17.1 Å². The molecule has 0 bridgehead atoms. The Morgan fingerprint density at radius 1 is 0.871 bits per heavy atom. The summed E-state index contributed by atoms with van der Waals surface area (Å²) >= 11 is 0. The largest absolute Gasteiger partial charge is 1.00 e. The Morgan fingerprint density at radius 2 is 1.61 bits per heavy atom. The van der Waals surface area contributed by atoms with E-state index in [4.69, 9.17) is 13.9 Å². The Labute approximate surface area is 181 Å². The van der Waals surface area contributed by atoms with Crippen LogP contribution in [0.5, 0.6) is 28.7 Å². The molecule has 0 unspecified atom stereocenters. The van der Waals surface area contributed by atoms with E-state index in [1.807, 2.05) is 0 Å². The van der Waals surface area contributed by atoms with Gasteiger partial charge in [0.15, 0.2) is 11.5 Å². The zero-order valence-corrected chi connectivity index (χ0v) is 16.5. The minimum Gasteiger partial charge on any atom is -1.00 e. The zero-order chi connectivity index (χ0) is 21.6.